The summed E-state index contributed by atoms with van der Waals surface area (Å²) in [5.41, 5.74) is 2.25. The minimum atomic E-state index is -2.10. The maximum Gasteiger partial charge on any atom is 0.192 e. The van der Waals surface area contributed by atoms with Gasteiger partial charge >= 0.3 is 0 Å². The van der Waals surface area contributed by atoms with E-state index in [1.165, 1.54) is 38.5 Å². The average Bonchev–Trinajstić information content (AvgIpc) is 2.94. The number of rotatable bonds is 17. The third-order valence-corrected chi connectivity index (χ3v) is 13.5. The van der Waals surface area contributed by atoms with E-state index < -0.39 is 20.5 Å². The maximum absolute atomic E-state index is 11.9. The molecule has 230 valence electrons. The van der Waals surface area contributed by atoms with Crippen molar-refractivity contribution in [1.29, 1.82) is 0 Å². The topological polar surface area (TPSA) is 51.2 Å². The van der Waals surface area contributed by atoms with Crippen LogP contribution in [0.15, 0.2) is 60.7 Å². The second kappa shape index (κ2) is 16.9. The molecule has 1 saturated heterocycles. The summed E-state index contributed by atoms with van der Waals surface area (Å²) in [5, 5.41) is 12.0. The van der Waals surface area contributed by atoms with Crippen molar-refractivity contribution in [3.8, 4) is 0 Å². The quantitative estimate of drug-likeness (QED) is 0.151. The summed E-state index contributed by atoms with van der Waals surface area (Å²) in [6.45, 7) is 16.8. The zero-order chi connectivity index (χ0) is 29.7. The van der Waals surface area contributed by atoms with Gasteiger partial charge in [-0.15, -0.1) is 0 Å². The van der Waals surface area contributed by atoms with Gasteiger partial charge in [0.15, 0.2) is 8.32 Å². The summed E-state index contributed by atoms with van der Waals surface area (Å²) in [5.74, 6) is 0. The maximum atomic E-state index is 11.9. The Balaban J connectivity index is 1.75. The number of ether oxygens (including phenoxy) is 2. The predicted octanol–water partition coefficient (Wildman–Crippen LogP) is 7.97. The van der Waals surface area contributed by atoms with E-state index in [-0.39, 0.29) is 17.2 Å². The van der Waals surface area contributed by atoms with Gasteiger partial charge in [-0.25, -0.2) is 0 Å². The summed E-state index contributed by atoms with van der Waals surface area (Å²) >= 11 is 0. The molecule has 1 N–H and O–H groups in total. The van der Waals surface area contributed by atoms with Crippen LogP contribution >= 0.6 is 0 Å². The van der Waals surface area contributed by atoms with Crippen molar-refractivity contribution in [2.75, 3.05) is 19.7 Å². The molecule has 0 amide bonds. The minimum absolute atomic E-state index is 0.0703. The Labute approximate surface area is 251 Å². The van der Waals surface area contributed by atoms with Gasteiger partial charge < -0.3 is 19.0 Å². The van der Waals surface area contributed by atoms with Gasteiger partial charge in [0.2, 0.25) is 0 Å². The first-order valence-electron chi connectivity index (χ1n) is 16.0. The normalized spacial score (nSPS) is 22.2. The predicted molar refractivity (Wildman–Crippen MR) is 173 cm³/mol. The third kappa shape index (κ3) is 10.9. The average molecular weight is 584 g/mol. The summed E-state index contributed by atoms with van der Waals surface area (Å²) in [7, 11) is -2.10. The van der Waals surface area contributed by atoms with Crippen LogP contribution in [0.2, 0.25) is 18.1 Å². The highest BCUT2D eigenvalue weighted by Gasteiger charge is 2.48. The first-order valence-corrected chi connectivity index (χ1v) is 18.9. The number of piperidine rings is 1. The fourth-order valence-corrected chi connectivity index (χ4v) is 6.68. The van der Waals surface area contributed by atoms with Crippen molar-refractivity contribution in [3.05, 3.63) is 71.8 Å². The molecule has 2 aromatic rings. The third-order valence-electron chi connectivity index (χ3n) is 8.97. The van der Waals surface area contributed by atoms with E-state index in [0.29, 0.717) is 19.8 Å². The van der Waals surface area contributed by atoms with E-state index in [2.05, 4.69) is 70.0 Å². The van der Waals surface area contributed by atoms with Crippen LogP contribution in [0.5, 0.6) is 0 Å². The van der Waals surface area contributed by atoms with E-state index in [9.17, 15) is 5.11 Å². The number of nitrogens with zero attached hydrogens (tertiary/aromatic N) is 1. The summed E-state index contributed by atoms with van der Waals surface area (Å²) in [6, 6.07) is 20.4. The van der Waals surface area contributed by atoms with Crippen LogP contribution in [-0.4, -0.2) is 62.4 Å². The highest BCUT2D eigenvalue weighted by atomic mass is 28.4. The Morgan fingerprint density at radius 3 is 1.98 bits per heavy atom. The van der Waals surface area contributed by atoms with Gasteiger partial charge in [-0.1, -0.05) is 127 Å². The fraction of sp³-hybridized carbons (Fsp3) is 0.657. The lowest BCUT2D eigenvalue weighted by molar-refractivity contribution is -0.172. The molecule has 0 aromatic heterocycles. The Morgan fingerprint density at radius 1 is 0.829 bits per heavy atom. The molecule has 1 fully saturated rings. The summed E-state index contributed by atoms with van der Waals surface area (Å²) < 4.78 is 19.8. The van der Waals surface area contributed by atoms with Gasteiger partial charge in [0.25, 0.3) is 0 Å². The summed E-state index contributed by atoms with van der Waals surface area (Å²) in [4.78, 5) is 2.43. The van der Waals surface area contributed by atoms with Gasteiger partial charge in [-0.3, -0.25) is 4.90 Å². The van der Waals surface area contributed by atoms with Crippen LogP contribution in [0.25, 0.3) is 0 Å². The van der Waals surface area contributed by atoms with Crippen molar-refractivity contribution in [1.82, 2.24) is 4.90 Å². The van der Waals surface area contributed by atoms with Crippen LogP contribution in [0.1, 0.15) is 83.8 Å². The second-order valence-corrected chi connectivity index (χ2v) is 18.1. The number of unbranched alkanes of at least 4 members (excludes halogenated alkanes) is 6. The van der Waals surface area contributed by atoms with E-state index >= 15 is 0 Å². The van der Waals surface area contributed by atoms with Crippen molar-refractivity contribution >= 4 is 8.32 Å². The van der Waals surface area contributed by atoms with Crippen LogP contribution in [0.4, 0.5) is 0 Å². The molecule has 0 aliphatic carbocycles. The van der Waals surface area contributed by atoms with E-state index in [4.69, 9.17) is 13.9 Å². The number of aliphatic hydroxyl groups is 1. The van der Waals surface area contributed by atoms with Crippen LogP contribution in [0, 0.1) is 0 Å². The Morgan fingerprint density at radius 2 is 1.39 bits per heavy atom. The van der Waals surface area contributed by atoms with Gasteiger partial charge in [0.05, 0.1) is 32.0 Å². The molecule has 1 aliphatic heterocycles. The molecule has 2 aromatic carbocycles. The van der Waals surface area contributed by atoms with Crippen LogP contribution in [0.3, 0.4) is 0 Å². The number of hydrogen-bond donors (Lipinski definition) is 1. The number of likely N-dealkylation sites (tertiary alicyclic amines) is 1. The molecule has 5 nitrogen and oxygen atoms in total. The Hall–Kier alpha value is -1.54. The standard InChI is InChI=1S/C35H57NO4Si/c1-7-8-9-10-11-12-19-24-36-25-32(40-41(5,6)35(2,3)4)34(39-27-30-22-17-14-18-23-30)33(37)31(36)28-38-26-29-20-15-13-16-21-29/h13-18,20-23,31-34,37H,7-12,19,24-28H2,1-6H3/t31-,32+,33+,34-/m1/s1. The molecule has 0 unspecified atom stereocenters. The zero-order valence-corrected chi connectivity index (χ0v) is 27.7. The molecule has 0 radical (unpaired) electrons. The molecule has 3 rings (SSSR count). The van der Waals surface area contributed by atoms with Gasteiger partial charge in [0.1, 0.15) is 12.2 Å². The Bertz CT molecular complexity index is 965. The SMILES string of the molecule is CCCCCCCCCN1C[C@H](O[Si](C)(C)C(C)(C)C)[C@@H](OCc2ccccc2)[C@@H](O)[C@H]1COCc1ccccc1. The van der Waals surface area contributed by atoms with Crippen molar-refractivity contribution < 1.29 is 19.0 Å². The Kier molecular flexibility index (Phi) is 14.0. The zero-order valence-electron chi connectivity index (χ0n) is 26.7. The molecule has 0 spiro atoms. The molecular formula is C35H57NO4Si. The second-order valence-electron chi connectivity index (χ2n) is 13.4. The number of benzene rings is 2. The van der Waals surface area contributed by atoms with E-state index in [1.54, 1.807) is 0 Å². The number of aliphatic hydroxyl groups excluding tert-OH is 1. The van der Waals surface area contributed by atoms with Gasteiger partial charge in [-0.2, -0.15) is 0 Å². The monoisotopic (exact) mass is 583 g/mol. The molecular weight excluding hydrogens is 526 g/mol. The molecule has 0 bridgehead atoms. The smallest absolute Gasteiger partial charge is 0.192 e. The lowest BCUT2D eigenvalue weighted by Crippen LogP contribution is -2.65. The van der Waals surface area contributed by atoms with Crippen molar-refractivity contribution in [2.24, 2.45) is 0 Å². The van der Waals surface area contributed by atoms with Crippen LogP contribution < -0.4 is 0 Å². The fourth-order valence-electron chi connectivity index (χ4n) is 5.36. The number of hydrogen-bond acceptors (Lipinski definition) is 5. The van der Waals surface area contributed by atoms with Crippen molar-refractivity contribution in [2.45, 2.75) is 128 Å². The molecule has 1 heterocycles. The van der Waals surface area contributed by atoms with Gasteiger partial charge in [0, 0.05) is 6.54 Å². The van der Waals surface area contributed by atoms with Crippen molar-refractivity contribution in [3.63, 3.8) is 0 Å². The van der Waals surface area contributed by atoms with Crippen LogP contribution in [-0.2, 0) is 27.1 Å². The lowest BCUT2D eigenvalue weighted by Gasteiger charge is -2.50. The van der Waals surface area contributed by atoms with Gasteiger partial charge in [-0.05, 0) is 42.2 Å². The highest BCUT2D eigenvalue weighted by Crippen LogP contribution is 2.39. The van der Waals surface area contributed by atoms with E-state index in [1.807, 2.05) is 36.4 Å². The molecule has 0 saturated carbocycles. The summed E-state index contributed by atoms with van der Waals surface area (Å²) in [6.07, 6.45) is 7.55. The lowest BCUT2D eigenvalue weighted by atomic mass is 9.93. The molecule has 1 aliphatic rings. The minimum Gasteiger partial charge on any atom is -0.410 e. The molecule has 4 atom stereocenters. The van der Waals surface area contributed by atoms with E-state index in [0.717, 1.165) is 30.6 Å². The largest absolute Gasteiger partial charge is 0.410 e. The first kappa shape index (κ1) is 34.0. The highest BCUT2D eigenvalue weighted by molar-refractivity contribution is 6.74. The first-order chi connectivity index (χ1) is 19.6. The molecule has 6 heteroatoms. The molecule has 41 heavy (non-hydrogen) atoms.